The molecular formula is C9H10N2O3. The van der Waals surface area contributed by atoms with Gasteiger partial charge in [0.1, 0.15) is 5.75 Å². The molecular weight excluding hydrogens is 184 g/mol. The lowest BCUT2D eigenvalue weighted by Crippen LogP contribution is -2.37. The Morgan fingerprint density at radius 2 is 1.93 bits per heavy atom. The van der Waals surface area contributed by atoms with Crippen LogP contribution in [0.15, 0.2) is 24.3 Å². The third kappa shape index (κ3) is 1.82. The second kappa shape index (κ2) is 3.78. The van der Waals surface area contributed by atoms with Crippen LogP contribution in [0.4, 0.5) is 5.69 Å². The molecule has 0 aliphatic carbocycles. The lowest BCUT2D eigenvalue weighted by Gasteiger charge is -2.15. The van der Waals surface area contributed by atoms with E-state index in [1.54, 1.807) is 12.1 Å². The molecule has 0 saturated carbocycles. The number of rotatable bonds is 1. The minimum atomic E-state index is -1.06. The molecule has 0 spiro atoms. The molecule has 3 N–H and O–H groups in total. The van der Waals surface area contributed by atoms with Crippen LogP contribution in [0, 0.1) is 0 Å². The number of carbonyl (C=O) groups excluding carboxylic acids is 2. The SMILES string of the molecule is CN(C(=O)C(N)=O)c1ccccc1O. The number of amides is 2. The highest BCUT2D eigenvalue weighted by atomic mass is 16.3. The molecule has 0 saturated heterocycles. The van der Waals surface area contributed by atoms with Crippen molar-refractivity contribution in [3.8, 4) is 5.75 Å². The van der Waals surface area contributed by atoms with E-state index in [1.807, 2.05) is 0 Å². The zero-order valence-corrected chi connectivity index (χ0v) is 7.60. The zero-order chi connectivity index (χ0) is 10.7. The summed E-state index contributed by atoms with van der Waals surface area (Å²) in [6.07, 6.45) is 0. The van der Waals surface area contributed by atoms with Crippen molar-refractivity contribution in [2.45, 2.75) is 0 Å². The van der Waals surface area contributed by atoms with E-state index in [0.717, 1.165) is 4.90 Å². The predicted octanol–water partition coefficient (Wildman–Crippen LogP) is -0.160. The molecule has 74 valence electrons. The van der Waals surface area contributed by atoms with E-state index in [-0.39, 0.29) is 11.4 Å². The number of hydrogen-bond donors (Lipinski definition) is 2. The molecule has 0 aromatic heterocycles. The van der Waals surface area contributed by atoms with Gasteiger partial charge in [-0.1, -0.05) is 12.1 Å². The van der Waals surface area contributed by atoms with Crippen molar-refractivity contribution in [1.29, 1.82) is 0 Å². The monoisotopic (exact) mass is 194 g/mol. The maximum absolute atomic E-state index is 11.1. The van der Waals surface area contributed by atoms with Crippen molar-refractivity contribution < 1.29 is 14.7 Å². The van der Waals surface area contributed by atoms with Crippen molar-refractivity contribution in [2.24, 2.45) is 5.73 Å². The molecule has 0 aliphatic rings. The molecule has 14 heavy (non-hydrogen) atoms. The van der Waals surface area contributed by atoms with Crippen molar-refractivity contribution in [3.63, 3.8) is 0 Å². The normalized spacial score (nSPS) is 9.50. The smallest absolute Gasteiger partial charge is 0.315 e. The third-order valence-corrected chi connectivity index (χ3v) is 1.76. The Hall–Kier alpha value is -2.04. The summed E-state index contributed by atoms with van der Waals surface area (Å²) in [5.41, 5.74) is 5.06. The highest BCUT2D eigenvalue weighted by Gasteiger charge is 2.18. The number of para-hydroxylation sites is 2. The summed E-state index contributed by atoms with van der Waals surface area (Å²) in [4.78, 5) is 22.7. The van der Waals surface area contributed by atoms with Crippen LogP contribution in [0.5, 0.6) is 5.75 Å². The van der Waals surface area contributed by atoms with Crippen LogP contribution in [0.2, 0.25) is 0 Å². The number of aromatic hydroxyl groups is 1. The van der Waals surface area contributed by atoms with Gasteiger partial charge in [-0.25, -0.2) is 0 Å². The standard InChI is InChI=1S/C9H10N2O3/c1-11(9(14)8(10)13)6-4-2-3-5-7(6)12/h2-5,12H,1H3,(H2,10,13). The van der Waals surface area contributed by atoms with E-state index in [0.29, 0.717) is 0 Å². The number of anilines is 1. The van der Waals surface area contributed by atoms with Gasteiger partial charge in [-0.3, -0.25) is 9.59 Å². The highest BCUT2D eigenvalue weighted by molar-refractivity contribution is 6.39. The first-order valence-corrected chi connectivity index (χ1v) is 3.89. The summed E-state index contributed by atoms with van der Waals surface area (Å²) in [6.45, 7) is 0. The molecule has 5 heteroatoms. The molecule has 0 heterocycles. The van der Waals surface area contributed by atoms with E-state index in [4.69, 9.17) is 5.73 Å². The average Bonchev–Trinajstić information content (AvgIpc) is 2.16. The number of primary amides is 1. The number of benzene rings is 1. The molecule has 1 aromatic rings. The van der Waals surface area contributed by atoms with Crippen molar-refractivity contribution in [3.05, 3.63) is 24.3 Å². The Labute approximate surface area is 80.7 Å². The summed E-state index contributed by atoms with van der Waals surface area (Å²) < 4.78 is 0. The second-order valence-corrected chi connectivity index (χ2v) is 2.72. The van der Waals surface area contributed by atoms with Gasteiger partial charge in [-0.05, 0) is 12.1 Å². The summed E-state index contributed by atoms with van der Waals surface area (Å²) >= 11 is 0. The van der Waals surface area contributed by atoms with Gasteiger partial charge in [-0.15, -0.1) is 0 Å². The van der Waals surface area contributed by atoms with Gasteiger partial charge in [0.2, 0.25) is 0 Å². The summed E-state index contributed by atoms with van der Waals surface area (Å²) in [5.74, 6) is -2.01. The van der Waals surface area contributed by atoms with Gasteiger partial charge in [0.25, 0.3) is 0 Å². The molecule has 0 unspecified atom stereocenters. The maximum Gasteiger partial charge on any atom is 0.315 e. The number of phenolic OH excluding ortho intramolecular Hbond substituents is 1. The fourth-order valence-electron chi connectivity index (χ4n) is 1.02. The lowest BCUT2D eigenvalue weighted by atomic mass is 10.2. The number of hydrogen-bond acceptors (Lipinski definition) is 3. The van der Waals surface area contributed by atoms with E-state index in [1.165, 1.54) is 19.2 Å². The molecule has 0 aliphatic heterocycles. The second-order valence-electron chi connectivity index (χ2n) is 2.72. The van der Waals surface area contributed by atoms with Crippen molar-refractivity contribution >= 4 is 17.5 Å². The molecule has 0 radical (unpaired) electrons. The van der Waals surface area contributed by atoms with Crippen LogP contribution in [-0.2, 0) is 9.59 Å². The first kappa shape index (κ1) is 10.0. The van der Waals surface area contributed by atoms with E-state index in [9.17, 15) is 14.7 Å². The minimum absolute atomic E-state index is 0.0791. The zero-order valence-electron chi connectivity index (χ0n) is 7.60. The Morgan fingerprint density at radius 1 is 1.36 bits per heavy atom. The van der Waals surface area contributed by atoms with Crippen LogP contribution >= 0.6 is 0 Å². The molecule has 0 fully saturated rings. The number of likely N-dealkylation sites (N-methyl/N-ethyl adjacent to an activating group) is 1. The van der Waals surface area contributed by atoms with E-state index in [2.05, 4.69) is 0 Å². The largest absolute Gasteiger partial charge is 0.506 e. The molecule has 0 atom stereocenters. The summed E-state index contributed by atoms with van der Waals surface area (Å²) in [5, 5.41) is 9.37. The van der Waals surface area contributed by atoms with Crippen LogP contribution in [0.3, 0.4) is 0 Å². The average molecular weight is 194 g/mol. The lowest BCUT2D eigenvalue weighted by molar-refractivity contribution is -0.135. The number of nitrogens with two attached hydrogens (primary N) is 1. The Balaban J connectivity index is 3.01. The van der Waals surface area contributed by atoms with Gasteiger partial charge in [0.05, 0.1) is 5.69 Å². The summed E-state index contributed by atoms with van der Waals surface area (Å²) in [6, 6.07) is 6.18. The van der Waals surface area contributed by atoms with Gasteiger partial charge < -0.3 is 15.7 Å². The first-order chi connectivity index (χ1) is 6.54. The molecule has 5 nitrogen and oxygen atoms in total. The molecule has 0 bridgehead atoms. The van der Waals surface area contributed by atoms with Gasteiger partial charge in [0.15, 0.2) is 0 Å². The fourth-order valence-corrected chi connectivity index (χ4v) is 1.02. The van der Waals surface area contributed by atoms with E-state index < -0.39 is 11.8 Å². The van der Waals surface area contributed by atoms with Crippen LogP contribution < -0.4 is 10.6 Å². The maximum atomic E-state index is 11.1. The first-order valence-electron chi connectivity index (χ1n) is 3.89. The number of nitrogens with zero attached hydrogens (tertiary/aromatic N) is 1. The molecule has 2 amide bonds. The summed E-state index contributed by atoms with van der Waals surface area (Å²) in [7, 11) is 1.36. The highest BCUT2D eigenvalue weighted by Crippen LogP contribution is 2.24. The molecule has 1 aromatic carbocycles. The number of phenols is 1. The van der Waals surface area contributed by atoms with E-state index >= 15 is 0 Å². The van der Waals surface area contributed by atoms with Crippen molar-refractivity contribution in [1.82, 2.24) is 0 Å². The van der Waals surface area contributed by atoms with Crippen molar-refractivity contribution in [2.75, 3.05) is 11.9 Å². The topological polar surface area (TPSA) is 83.6 Å². The fraction of sp³-hybridized carbons (Fsp3) is 0.111. The Bertz CT molecular complexity index is 376. The Kier molecular flexibility index (Phi) is 2.71. The third-order valence-electron chi connectivity index (χ3n) is 1.76. The Morgan fingerprint density at radius 3 is 2.43 bits per heavy atom. The minimum Gasteiger partial charge on any atom is -0.506 e. The van der Waals surface area contributed by atoms with Gasteiger partial charge in [-0.2, -0.15) is 0 Å². The predicted molar refractivity (Wildman–Crippen MR) is 50.7 cm³/mol. The van der Waals surface area contributed by atoms with Gasteiger partial charge >= 0.3 is 11.8 Å². The van der Waals surface area contributed by atoms with Crippen LogP contribution in [-0.4, -0.2) is 24.0 Å². The quantitative estimate of drug-likeness (QED) is 0.609. The van der Waals surface area contributed by atoms with Gasteiger partial charge in [0, 0.05) is 7.05 Å². The number of carbonyl (C=O) groups is 2. The molecule has 1 rings (SSSR count). The van der Waals surface area contributed by atoms with Crippen LogP contribution in [0.1, 0.15) is 0 Å². The van der Waals surface area contributed by atoms with Crippen LogP contribution in [0.25, 0.3) is 0 Å².